The summed E-state index contributed by atoms with van der Waals surface area (Å²) < 4.78 is 8.34. The molecule has 3 aromatic rings. The lowest BCUT2D eigenvalue weighted by atomic mass is 10.1. The van der Waals surface area contributed by atoms with Gasteiger partial charge in [-0.05, 0) is 97.8 Å². The maximum absolute atomic E-state index is 13.3. The van der Waals surface area contributed by atoms with E-state index in [4.69, 9.17) is 15.5 Å². The van der Waals surface area contributed by atoms with Gasteiger partial charge >= 0.3 is 5.97 Å². The van der Waals surface area contributed by atoms with Crippen molar-refractivity contribution >= 4 is 33.7 Å². The largest absolute Gasteiger partial charge is 0.458 e. The van der Waals surface area contributed by atoms with Crippen LogP contribution in [0, 0.1) is 0 Å². The summed E-state index contributed by atoms with van der Waals surface area (Å²) in [6, 6.07) is 8.03. The number of nitrogens with two attached hydrogens (primary N) is 1. The predicted molar refractivity (Wildman–Crippen MR) is 244 cm³/mol. The Kier molecular flexibility index (Phi) is 24.4. The number of nitrogens with zero attached hydrogens (tertiary/aromatic N) is 5. The zero-order valence-electron chi connectivity index (χ0n) is 37.7. The van der Waals surface area contributed by atoms with Crippen molar-refractivity contribution in [3.05, 3.63) is 30.1 Å². The third kappa shape index (κ3) is 18.8. The Bertz CT molecular complexity index is 1500. The lowest BCUT2D eigenvalue weighted by Gasteiger charge is -2.27. The number of hydrogen-bond acceptors (Lipinski definition) is 8. The summed E-state index contributed by atoms with van der Waals surface area (Å²) in [5.41, 5.74) is 8.16. The highest BCUT2D eigenvalue weighted by molar-refractivity contribution is 6.06. The molecule has 0 atom stereocenters. The molecule has 57 heavy (non-hydrogen) atoms. The molecule has 0 aliphatic heterocycles. The average Bonchev–Trinajstić information content (AvgIpc) is 3.55. The van der Waals surface area contributed by atoms with Gasteiger partial charge in [0.1, 0.15) is 16.9 Å². The van der Waals surface area contributed by atoms with Crippen molar-refractivity contribution in [3.8, 4) is 0 Å². The van der Waals surface area contributed by atoms with Gasteiger partial charge in [-0.25, -0.2) is 9.97 Å². The zero-order valence-corrected chi connectivity index (χ0v) is 37.7. The van der Waals surface area contributed by atoms with Crippen LogP contribution in [0.1, 0.15) is 182 Å². The van der Waals surface area contributed by atoms with Crippen molar-refractivity contribution in [2.45, 2.75) is 195 Å². The summed E-state index contributed by atoms with van der Waals surface area (Å²) in [6.07, 6.45) is 26.7. The Morgan fingerprint density at radius 1 is 0.702 bits per heavy atom. The highest BCUT2D eigenvalue weighted by Gasteiger charge is 2.27. The first-order valence-corrected chi connectivity index (χ1v) is 23.6. The topological polar surface area (TPSA) is 102 Å². The standard InChI is InChI=1S/C48H85N7O2/c1-7-11-13-15-17-19-21-27-34-53(10-4)37-30-38-54(35-28-22-20-18-16-14-12-8-2)36-29-23-24-33-44(56)57-48(5,6)40-55-43(39-50-9-3)52-45-46(55)41-31-25-26-32-42(41)51-47(45)49/h25-26,31-32,50H,7-24,27-30,33-40H2,1-6H3,(H2,49,51). The van der Waals surface area contributed by atoms with E-state index >= 15 is 0 Å². The SMILES string of the molecule is CCCCCCCCCCN(CC)CCCN(CCCCCCCCCC)CCCCCC(=O)OC(C)(C)Cn1c(CNCC)nc2c(N)nc3ccccc3c21. The van der Waals surface area contributed by atoms with Gasteiger partial charge in [-0.1, -0.05) is 142 Å². The number of imidazole rings is 1. The lowest BCUT2D eigenvalue weighted by Crippen LogP contribution is -2.34. The number of para-hydroxylation sites is 1. The molecule has 0 bridgehead atoms. The predicted octanol–water partition coefficient (Wildman–Crippen LogP) is 11.5. The van der Waals surface area contributed by atoms with Crippen LogP contribution in [0.15, 0.2) is 24.3 Å². The highest BCUT2D eigenvalue weighted by Crippen LogP contribution is 2.31. The highest BCUT2D eigenvalue weighted by atomic mass is 16.6. The van der Waals surface area contributed by atoms with Crippen LogP contribution in [0.25, 0.3) is 21.9 Å². The molecule has 0 unspecified atom stereocenters. The number of ether oxygens (including phenoxy) is 1. The van der Waals surface area contributed by atoms with Gasteiger partial charge in [-0.15, -0.1) is 0 Å². The van der Waals surface area contributed by atoms with Crippen molar-refractivity contribution in [1.29, 1.82) is 0 Å². The molecule has 3 N–H and O–H groups in total. The fourth-order valence-electron chi connectivity index (χ4n) is 8.22. The molecule has 0 radical (unpaired) electrons. The van der Waals surface area contributed by atoms with Gasteiger partial charge in [0, 0.05) is 11.8 Å². The van der Waals surface area contributed by atoms with Crippen molar-refractivity contribution < 1.29 is 9.53 Å². The van der Waals surface area contributed by atoms with E-state index in [0.29, 0.717) is 30.8 Å². The molecule has 0 saturated carbocycles. The van der Waals surface area contributed by atoms with E-state index in [1.165, 1.54) is 135 Å². The summed E-state index contributed by atoms with van der Waals surface area (Å²) in [6.45, 7) is 22.0. The van der Waals surface area contributed by atoms with Crippen molar-refractivity contribution in [2.75, 3.05) is 51.5 Å². The summed E-state index contributed by atoms with van der Waals surface area (Å²) in [4.78, 5) is 28.2. The number of anilines is 1. The number of aromatic nitrogens is 3. The molecule has 0 amide bonds. The van der Waals surface area contributed by atoms with Gasteiger partial charge in [-0.3, -0.25) is 4.79 Å². The minimum atomic E-state index is -0.724. The fourth-order valence-corrected chi connectivity index (χ4v) is 8.22. The average molecular weight is 792 g/mol. The molecular formula is C48H85N7O2. The number of carbonyl (C=O) groups is 1. The fraction of sp³-hybridized carbons (Fsp3) is 0.771. The van der Waals surface area contributed by atoms with Gasteiger partial charge in [0.25, 0.3) is 0 Å². The normalized spacial score (nSPS) is 12.2. The van der Waals surface area contributed by atoms with Crippen LogP contribution < -0.4 is 11.1 Å². The number of pyridine rings is 1. The molecule has 0 spiro atoms. The second-order valence-electron chi connectivity index (χ2n) is 17.2. The monoisotopic (exact) mass is 792 g/mol. The van der Waals surface area contributed by atoms with Crippen molar-refractivity contribution in [1.82, 2.24) is 29.7 Å². The van der Waals surface area contributed by atoms with Crippen LogP contribution in [0.4, 0.5) is 5.82 Å². The van der Waals surface area contributed by atoms with E-state index in [1.807, 2.05) is 32.0 Å². The first-order chi connectivity index (χ1) is 27.7. The number of rotatable bonds is 35. The molecule has 3 rings (SSSR count). The smallest absolute Gasteiger partial charge is 0.306 e. The third-order valence-corrected chi connectivity index (χ3v) is 11.6. The Morgan fingerprint density at radius 3 is 1.82 bits per heavy atom. The number of hydrogen-bond donors (Lipinski definition) is 2. The first-order valence-electron chi connectivity index (χ1n) is 23.6. The maximum Gasteiger partial charge on any atom is 0.306 e. The van der Waals surface area contributed by atoms with E-state index < -0.39 is 5.60 Å². The Morgan fingerprint density at radius 2 is 1.23 bits per heavy atom. The van der Waals surface area contributed by atoms with E-state index in [2.05, 4.69) is 58.4 Å². The van der Waals surface area contributed by atoms with Gasteiger partial charge < -0.3 is 30.2 Å². The summed E-state index contributed by atoms with van der Waals surface area (Å²) in [5, 5.41) is 4.41. The molecule has 324 valence electrons. The Hall–Kier alpha value is -2.75. The lowest BCUT2D eigenvalue weighted by molar-refractivity contribution is -0.157. The van der Waals surface area contributed by atoms with Crippen LogP contribution in [-0.4, -0.2) is 81.7 Å². The van der Waals surface area contributed by atoms with E-state index in [9.17, 15) is 4.79 Å². The van der Waals surface area contributed by atoms with Crippen LogP contribution in [0.2, 0.25) is 0 Å². The maximum atomic E-state index is 13.3. The molecule has 0 saturated heterocycles. The van der Waals surface area contributed by atoms with Crippen LogP contribution >= 0.6 is 0 Å². The first kappa shape index (κ1) is 48.6. The number of esters is 1. The number of nitrogens with one attached hydrogen (secondary N) is 1. The summed E-state index contributed by atoms with van der Waals surface area (Å²) in [7, 11) is 0. The number of benzene rings is 1. The van der Waals surface area contributed by atoms with Gasteiger partial charge in [-0.2, -0.15) is 0 Å². The molecular weight excluding hydrogens is 707 g/mol. The molecule has 9 heteroatoms. The molecule has 0 fully saturated rings. The molecule has 2 heterocycles. The van der Waals surface area contributed by atoms with E-state index in [1.54, 1.807) is 0 Å². The van der Waals surface area contributed by atoms with Gasteiger partial charge in [0.2, 0.25) is 0 Å². The number of unbranched alkanes of at least 4 members (excludes halogenated alkanes) is 16. The van der Waals surface area contributed by atoms with Crippen molar-refractivity contribution in [2.24, 2.45) is 0 Å². The van der Waals surface area contributed by atoms with Gasteiger partial charge in [0.05, 0.1) is 24.1 Å². The minimum absolute atomic E-state index is 0.129. The van der Waals surface area contributed by atoms with Gasteiger partial charge in [0.15, 0.2) is 5.82 Å². The van der Waals surface area contributed by atoms with Crippen molar-refractivity contribution in [3.63, 3.8) is 0 Å². The summed E-state index contributed by atoms with van der Waals surface area (Å²) in [5.74, 6) is 1.15. The summed E-state index contributed by atoms with van der Waals surface area (Å²) >= 11 is 0. The number of fused-ring (bicyclic) bond motifs is 3. The van der Waals surface area contributed by atoms with Crippen LogP contribution in [0.5, 0.6) is 0 Å². The molecule has 9 nitrogen and oxygen atoms in total. The third-order valence-electron chi connectivity index (χ3n) is 11.6. The van der Waals surface area contributed by atoms with Crippen LogP contribution in [0.3, 0.4) is 0 Å². The van der Waals surface area contributed by atoms with E-state index in [-0.39, 0.29) is 5.97 Å². The van der Waals surface area contributed by atoms with E-state index in [0.717, 1.165) is 61.1 Å². The molecule has 1 aromatic carbocycles. The number of nitrogen functional groups attached to an aromatic ring is 1. The number of carbonyl (C=O) groups excluding carboxylic acids is 1. The molecule has 2 aromatic heterocycles. The Balaban J connectivity index is 1.46. The Labute approximate surface area is 348 Å². The second-order valence-corrected chi connectivity index (χ2v) is 17.2. The van der Waals surface area contributed by atoms with Crippen LogP contribution in [-0.2, 0) is 22.6 Å². The second kappa shape index (κ2) is 28.6. The molecule has 0 aliphatic carbocycles. The minimum Gasteiger partial charge on any atom is -0.458 e. The zero-order chi connectivity index (χ0) is 41.1. The molecule has 0 aliphatic rings. The quantitative estimate of drug-likeness (QED) is 0.0448.